The molecule has 1 aliphatic heterocycles. The largest absolute Gasteiger partial charge is 0.461 e. The van der Waals surface area contributed by atoms with Crippen molar-refractivity contribution >= 4 is 80.9 Å². The van der Waals surface area contributed by atoms with Crippen molar-refractivity contribution in [1.82, 2.24) is 0 Å². The van der Waals surface area contributed by atoms with Gasteiger partial charge < -0.3 is 9.15 Å². The lowest BCUT2D eigenvalue weighted by atomic mass is 9.81. The lowest BCUT2D eigenvalue weighted by Crippen LogP contribution is -2.08. The molecule has 0 saturated heterocycles. The van der Waals surface area contributed by atoms with Crippen molar-refractivity contribution in [1.29, 1.82) is 0 Å². The molecule has 13 rings (SSSR count). The van der Waals surface area contributed by atoms with Gasteiger partial charge in [0, 0.05) is 57.4 Å². The standard InChI is InChI=1S/C54H34O2S2/c1-3-7-31(8-4-1)33-11-17-45-39(25-33)41-27-35(13-19-47(41)55-45)37-15-21-49-43(29-37)53-51(57-49)23-24-52-54(53)44-30-38(16-22-50(44)58-52)36-14-20-48-42(28-36)40-26-34(12-18-46(40)56-48)32-9-5-2-6-10-32/h1-15,17-21,23-27,29-30,42H,16,22,28H2. The first kappa shape index (κ1) is 32.6. The summed E-state index contributed by atoms with van der Waals surface area (Å²) in [6.07, 6.45) is 10.2. The summed E-state index contributed by atoms with van der Waals surface area (Å²) in [6.45, 7) is 0. The maximum atomic E-state index is 6.41. The fourth-order valence-corrected chi connectivity index (χ4v) is 12.0. The Morgan fingerprint density at radius 3 is 1.84 bits per heavy atom. The molecule has 2 aliphatic carbocycles. The Labute approximate surface area is 343 Å². The molecule has 4 heterocycles. The van der Waals surface area contributed by atoms with Gasteiger partial charge in [0.25, 0.3) is 0 Å². The van der Waals surface area contributed by atoms with Crippen LogP contribution in [-0.4, -0.2) is 0 Å². The van der Waals surface area contributed by atoms with Crippen LogP contribution < -0.4 is 4.74 Å². The van der Waals surface area contributed by atoms with Crippen molar-refractivity contribution in [3.05, 3.63) is 191 Å². The summed E-state index contributed by atoms with van der Waals surface area (Å²) < 4.78 is 16.8. The Bertz CT molecular complexity index is 3440. The highest BCUT2D eigenvalue weighted by Crippen LogP contribution is 2.51. The number of rotatable bonds is 4. The molecule has 2 nitrogen and oxygen atoms in total. The molecule has 0 amide bonds. The Balaban J connectivity index is 0.892. The minimum atomic E-state index is 0.247. The van der Waals surface area contributed by atoms with Crippen LogP contribution in [0.25, 0.3) is 91.7 Å². The van der Waals surface area contributed by atoms with Gasteiger partial charge in [0.05, 0.1) is 0 Å². The molecule has 10 aromatic rings. The summed E-state index contributed by atoms with van der Waals surface area (Å²) >= 11 is 3.89. The summed E-state index contributed by atoms with van der Waals surface area (Å²) in [5.41, 5.74) is 14.8. The van der Waals surface area contributed by atoms with Crippen LogP contribution in [0.15, 0.2) is 179 Å². The predicted molar refractivity (Wildman–Crippen MR) is 245 cm³/mol. The Morgan fingerprint density at radius 1 is 0.483 bits per heavy atom. The molecule has 274 valence electrons. The van der Waals surface area contributed by atoms with Crippen molar-refractivity contribution in [2.45, 2.75) is 25.2 Å². The zero-order valence-electron chi connectivity index (χ0n) is 31.4. The number of benzene rings is 7. The Kier molecular flexibility index (Phi) is 7.04. The van der Waals surface area contributed by atoms with Crippen LogP contribution in [-0.2, 0) is 6.42 Å². The van der Waals surface area contributed by atoms with Crippen molar-refractivity contribution in [2.24, 2.45) is 0 Å². The maximum Gasteiger partial charge on any atom is 0.135 e. The summed E-state index contributed by atoms with van der Waals surface area (Å²) in [6, 6.07) is 52.9. The molecule has 1 atom stereocenters. The van der Waals surface area contributed by atoms with E-state index in [4.69, 9.17) is 9.15 Å². The minimum absolute atomic E-state index is 0.247. The van der Waals surface area contributed by atoms with Gasteiger partial charge in [-0.3, -0.25) is 0 Å². The zero-order valence-corrected chi connectivity index (χ0v) is 33.1. The average Bonchev–Trinajstić information content (AvgIpc) is 4.05. The molecule has 3 aromatic heterocycles. The molecule has 0 saturated carbocycles. The van der Waals surface area contributed by atoms with Crippen LogP contribution in [0.3, 0.4) is 0 Å². The van der Waals surface area contributed by atoms with Gasteiger partial charge in [-0.25, -0.2) is 0 Å². The highest BCUT2D eigenvalue weighted by atomic mass is 32.1. The Morgan fingerprint density at radius 2 is 1.10 bits per heavy atom. The third kappa shape index (κ3) is 5.02. The second-order valence-electron chi connectivity index (χ2n) is 15.9. The fourth-order valence-electron chi connectivity index (χ4n) is 9.71. The van der Waals surface area contributed by atoms with Crippen LogP contribution in [0.2, 0.25) is 0 Å². The van der Waals surface area contributed by atoms with E-state index < -0.39 is 0 Å². The van der Waals surface area contributed by atoms with Gasteiger partial charge in [0.1, 0.15) is 22.7 Å². The topological polar surface area (TPSA) is 22.4 Å². The van der Waals surface area contributed by atoms with Gasteiger partial charge in [0.15, 0.2) is 0 Å². The summed E-state index contributed by atoms with van der Waals surface area (Å²) in [4.78, 5) is 1.50. The van der Waals surface area contributed by atoms with E-state index in [0.717, 1.165) is 52.7 Å². The van der Waals surface area contributed by atoms with E-state index in [-0.39, 0.29) is 5.92 Å². The van der Waals surface area contributed by atoms with E-state index in [9.17, 15) is 0 Å². The van der Waals surface area contributed by atoms with Gasteiger partial charge in [0.2, 0.25) is 0 Å². The van der Waals surface area contributed by atoms with E-state index >= 15 is 0 Å². The van der Waals surface area contributed by atoms with Crippen LogP contribution in [0.1, 0.15) is 34.8 Å². The first-order valence-corrected chi connectivity index (χ1v) is 21.7. The van der Waals surface area contributed by atoms with E-state index in [2.05, 4.69) is 164 Å². The second-order valence-corrected chi connectivity index (χ2v) is 18.1. The molecule has 4 heteroatoms. The molecule has 0 bridgehead atoms. The molecule has 0 N–H and O–H groups in total. The number of hydrogen-bond donors (Lipinski definition) is 0. The van der Waals surface area contributed by atoms with Crippen molar-refractivity contribution < 1.29 is 9.15 Å². The minimum Gasteiger partial charge on any atom is -0.461 e. The molecule has 7 aromatic carbocycles. The van der Waals surface area contributed by atoms with E-state index in [1.54, 1.807) is 0 Å². The van der Waals surface area contributed by atoms with Crippen LogP contribution in [0.5, 0.6) is 5.75 Å². The van der Waals surface area contributed by atoms with E-state index in [1.165, 1.54) is 90.8 Å². The third-order valence-electron chi connectivity index (χ3n) is 12.6. The van der Waals surface area contributed by atoms with Crippen molar-refractivity contribution in [3.63, 3.8) is 0 Å². The number of fused-ring (bicyclic) bond motifs is 13. The Hall–Kier alpha value is -6.46. The maximum absolute atomic E-state index is 6.41. The number of furan rings is 1. The van der Waals surface area contributed by atoms with Crippen molar-refractivity contribution in [3.8, 4) is 39.1 Å². The number of hydrogen-bond acceptors (Lipinski definition) is 4. The predicted octanol–water partition coefficient (Wildman–Crippen LogP) is 15.9. The summed E-state index contributed by atoms with van der Waals surface area (Å²) in [5.74, 6) is 2.31. The van der Waals surface area contributed by atoms with Crippen molar-refractivity contribution in [2.75, 3.05) is 0 Å². The van der Waals surface area contributed by atoms with Gasteiger partial charge in [-0.2, -0.15) is 0 Å². The molecule has 58 heavy (non-hydrogen) atoms. The van der Waals surface area contributed by atoms with Gasteiger partial charge in [-0.05, 0) is 142 Å². The summed E-state index contributed by atoms with van der Waals surface area (Å²) in [7, 11) is 0. The lowest BCUT2D eigenvalue weighted by molar-refractivity contribution is 0.423. The van der Waals surface area contributed by atoms with Crippen LogP contribution in [0, 0.1) is 0 Å². The molecular formula is C54H34O2S2. The molecule has 0 radical (unpaired) electrons. The monoisotopic (exact) mass is 778 g/mol. The smallest absolute Gasteiger partial charge is 0.135 e. The highest BCUT2D eigenvalue weighted by molar-refractivity contribution is 7.26. The molecule has 1 unspecified atom stereocenters. The third-order valence-corrected chi connectivity index (χ3v) is 15.0. The number of allylic oxidation sites excluding steroid dienone is 5. The van der Waals surface area contributed by atoms with Crippen LogP contribution >= 0.6 is 22.7 Å². The van der Waals surface area contributed by atoms with Gasteiger partial charge in [-0.1, -0.05) is 91.0 Å². The normalized spacial score (nSPS) is 16.0. The highest BCUT2D eigenvalue weighted by Gasteiger charge is 2.34. The number of ether oxygens (including phenoxy) is 1. The van der Waals surface area contributed by atoms with Gasteiger partial charge >= 0.3 is 0 Å². The van der Waals surface area contributed by atoms with E-state index in [0.29, 0.717) is 0 Å². The molecular weight excluding hydrogens is 745 g/mol. The van der Waals surface area contributed by atoms with E-state index in [1.807, 2.05) is 22.7 Å². The van der Waals surface area contributed by atoms with Gasteiger partial charge in [-0.15, -0.1) is 22.7 Å². The van der Waals surface area contributed by atoms with Crippen LogP contribution in [0.4, 0.5) is 0 Å². The first-order chi connectivity index (χ1) is 28.7. The fraction of sp³-hybridized carbons (Fsp3) is 0.0741. The lowest BCUT2D eigenvalue weighted by Gasteiger charge is -2.22. The molecule has 0 fully saturated rings. The molecule has 0 spiro atoms. The first-order valence-electron chi connectivity index (χ1n) is 20.1. The second kappa shape index (κ2) is 12.5. The quantitative estimate of drug-likeness (QED) is 0.178. The SMILES string of the molecule is C1=C(C2=CC=C3Oc4ccc(-c5ccccc5)cc4C3C2)CCc2sc3ccc4sc5ccc(-c6ccc7oc8ccc(-c9ccccc9)cc8c7c6)cc5c4c3c21. The zero-order chi connectivity index (χ0) is 37.9. The summed E-state index contributed by atoms with van der Waals surface area (Å²) in [5, 5.41) is 6.44. The number of thiophene rings is 2. The average molecular weight is 779 g/mol. The number of aryl methyl sites for hydroxylation is 1. The molecule has 3 aliphatic rings.